The molecule has 0 saturated carbocycles. The van der Waals surface area contributed by atoms with E-state index < -0.39 is 11.4 Å². The summed E-state index contributed by atoms with van der Waals surface area (Å²) >= 11 is 0. The van der Waals surface area contributed by atoms with Gasteiger partial charge in [-0.05, 0) is 32.6 Å². The first-order valence-corrected chi connectivity index (χ1v) is 7.46. The van der Waals surface area contributed by atoms with E-state index in [2.05, 4.69) is 13.8 Å². The predicted octanol–water partition coefficient (Wildman–Crippen LogP) is 2.92. The molecule has 0 radical (unpaired) electrons. The lowest BCUT2D eigenvalue weighted by Gasteiger charge is -2.38. The number of hydrogen-bond donors (Lipinski definition) is 1. The monoisotopic (exact) mass is 269 g/mol. The lowest BCUT2D eigenvalue weighted by Crippen LogP contribution is -2.47. The van der Waals surface area contributed by atoms with Gasteiger partial charge in [0.15, 0.2) is 0 Å². The smallest absolute Gasteiger partial charge is 0.309 e. The number of carbonyl (C=O) groups is 2. The molecule has 1 aliphatic rings. The summed E-state index contributed by atoms with van der Waals surface area (Å²) in [4.78, 5) is 25.5. The van der Waals surface area contributed by atoms with Crippen molar-refractivity contribution >= 4 is 11.9 Å². The highest BCUT2D eigenvalue weighted by Gasteiger charge is 2.38. The van der Waals surface area contributed by atoms with Crippen molar-refractivity contribution in [3.05, 3.63) is 0 Å². The summed E-state index contributed by atoms with van der Waals surface area (Å²) < 4.78 is 0. The van der Waals surface area contributed by atoms with E-state index in [0.29, 0.717) is 25.9 Å². The van der Waals surface area contributed by atoms with Gasteiger partial charge in [0.25, 0.3) is 0 Å². The normalized spacial score (nSPS) is 18.6. The average molecular weight is 269 g/mol. The molecule has 0 aromatic heterocycles. The molecule has 0 aromatic rings. The van der Waals surface area contributed by atoms with Gasteiger partial charge < -0.3 is 10.0 Å². The van der Waals surface area contributed by atoms with Gasteiger partial charge in [0.2, 0.25) is 5.91 Å². The molecule has 1 amide bonds. The fourth-order valence-electron chi connectivity index (χ4n) is 2.78. The summed E-state index contributed by atoms with van der Waals surface area (Å²) in [6.07, 6.45) is 5.07. The lowest BCUT2D eigenvalue weighted by atomic mass is 9.80. The van der Waals surface area contributed by atoms with Crippen molar-refractivity contribution in [1.82, 2.24) is 4.90 Å². The topological polar surface area (TPSA) is 57.6 Å². The number of carboxylic acids is 1. The number of amides is 1. The number of aliphatic carboxylic acids is 1. The van der Waals surface area contributed by atoms with Gasteiger partial charge in [-0.25, -0.2) is 0 Å². The molecule has 110 valence electrons. The standard InChI is InChI=1S/C15H27NO3/c1-4-6-12(7-5-2)13(17)16-10-8-15(3,9-11-16)14(18)19/h12H,4-11H2,1-3H3,(H,18,19). The Balaban J connectivity index is 2.58. The molecule has 1 N–H and O–H groups in total. The Kier molecular flexibility index (Phi) is 5.83. The molecule has 1 fully saturated rings. The zero-order valence-corrected chi connectivity index (χ0v) is 12.4. The summed E-state index contributed by atoms with van der Waals surface area (Å²) in [6, 6.07) is 0. The van der Waals surface area contributed by atoms with Crippen LogP contribution in [0.1, 0.15) is 59.3 Å². The van der Waals surface area contributed by atoms with Gasteiger partial charge in [-0.15, -0.1) is 0 Å². The maximum atomic E-state index is 12.4. The van der Waals surface area contributed by atoms with Crippen LogP contribution in [0.3, 0.4) is 0 Å². The molecule has 1 saturated heterocycles. The first-order chi connectivity index (χ1) is 8.94. The molecule has 1 heterocycles. The average Bonchev–Trinajstić information content (AvgIpc) is 2.38. The minimum atomic E-state index is -0.738. The number of nitrogens with zero attached hydrogens (tertiary/aromatic N) is 1. The summed E-state index contributed by atoms with van der Waals surface area (Å²) in [5.41, 5.74) is -0.651. The van der Waals surface area contributed by atoms with E-state index in [1.54, 1.807) is 6.92 Å². The number of likely N-dealkylation sites (tertiary alicyclic amines) is 1. The molecule has 1 aliphatic heterocycles. The van der Waals surface area contributed by atoms with Crippen LogP contribution >= 0.6 is 0 Å². The summed E-state index contributed by atoms with van der Waals surface area (Å²) in [6.45, 7) is 7.17. The zero-order chi connectivity index (χ0) is 14.5. The fourth-order valence-corrected chi connectivity index (χ4v) is 2.78. The molecule has 4 nitrogen and oxygen atoms in total. The summed E-state index contributed by atoms with van der Waals surface area (Å²) in [5.74, 6) is -0.376. The SMILES string of the molecule is CCCC(CCC)C(=O)N1CCC(C)(C(=O)O)CC1. The maximum absolute atomic E-state index is 12.4. The second-order valence-corrected chi connectivity index (χ2v) is 5.97. The number of piperidine rings is 1. The lowest BCUT2D eigenvalue weighted by molar-refractivity contribution is -0.153. The van der Waals surface area contributed by atoms with Gasteiger partial charge in [0, 0.05) is 19.0 Å². The van der Waals surface area contributed by atoms with Crippen LogP contribution in [-0.2, 0) is 9.59 Å². The third-order valence-electron chi connectivity index (χ3n) is 4.32. The van der Waals surface area contributed by atoms with Gasteiger partial charge in [-0.3, -0.25) is 9.59 Å². The van der Waals surface area contributed by atoms with E-state index in [1.807, 2.05) is 4.90 Å². The quantitative estimate of drug-likeness (QED) is 0.806. The molecule has 0 spiro atoms. The highest BCUT2D eigenvalue weighted by molar-refractivity contribution is 5.80. The molecule has 1 rings (SSSR count). The Morgan fingerprint density at radius 3 is 2.00 bits per heavy atom. The molecule has 4 heteroatoms. The van der Waals surface area contributed by atoms with Crippen LogP contribution < -0.4 is 0 Å². The van der Waals surface area contributed by atoms with Crippen LogP contribution in [0.15, 0.2) is 0 Å². The van der Waals surface area contributed by atoms with Gasteiger partial charge in [-0.1, -0.05) is 26.7 Å². The van der Waals surface area contributed by atoms with Crippen LogP contribution in [0.4, 0.5) is 0 Å². The summed E-state index contributed by atoms with van der Waals surface area (Å²) in [7, 11) is 0. The van der Waals surface area contributed by atoms with Crippen molar-refractivity contribution in [3.63, 3.8) is 0 Å². The van der Waals surface area contributed by atoms with Crippen LogP contribution in [0, 0.1) is 11.3 Å². The van der Waals surface area contributed by atoms with E-state index >= 15 is 0 Å². The predicted molar refractivity (Wildman–Crippen MR) is 74.9 cm³/mol. The van der Waals surface area contributed by atoms with Crippen molar-refractivity contribution in [3.8, 4) is 0 Å². The minimum absolute atomic E-state index is 0.129. The van der Waals surface area contributed by atoms with Gasteiger partial charge in [0.1, 0.15) is 0 Å². The van der Waals surface area contributed by atoms with Crippen molar-refractivity contribution < 1.29 is 14.7 Å². The number of carboxylic acid groups (broad SMARTS) is 1. The zero-order valence-electron chi connectivity index (χ0n) is 12.4. The highest BCUT2D eigenvalue weighted by atomic mass is 16.4. The molecular formula is C15H27NO3. The number of rotatable bonds is 6. The van der Waals surface area contributed by atoms with Crippen molar-refractivity contribution in [2.24, 2.45) is 11.3 Å². The van der Waals surface area contributed by atoms with Crippen LogP contribution in [0.25, 0.3) is 0 Å². The molecule has 0 bridgehead atoms. The highest BCUT2D eigenvalue weighted by Crippen LogP contribution is 2.32. The van der Waals surface area contributed by atoms with E-state index in [4.69, 9.17) is 0 Å². The number of carbonyl (C=O) groups excluding carboxylic acids is 1. The second kappa shape index (κ2) is 6.92. The first-order valence-electron chi connectivity index (χ1n) is 7.46. The Bertz CT molecular complexity index is 313. The summed E-state index contributed by atoms with van der Waals surface area (Å²) in [5, 5.41) is 9.20. The van der Waals surface area contributed by atoms with Gasteiger partial charge in [-0.2, -0.15) is 0 Å². The molecule has 0 aliphatic carbocycles. The molecule has 0 unspecified atom stereocenters. The Morgan fingerprint density at radius 2 is 1.63 bits per heavy atom. The Hall–Kier alpha value is -1.06. The third-order valence-corrected chi connectivity index (χ3v) is 4.32. The molecule has 0 aromatic carbocycles. The van der Waals surface area contributed by atoms with Crippen molar-refractivity contribution in [2.75, 3.05) is 13.1 Å². The molecule has 0 atom stereocenters. The van der Waals surface area contributed by atoms with Crippen molar-refractivity contribution in [1.29, 1.82) is 0 Å². The number of hydrogen-bond acceptors (Lipinski definition) is 2. The maximum Gasteiger partial charge on any atom is 0.309 e. The van der Waals surface area contributed by atoms with Crippen LogP contribution in [0.2, 0.25) is 0 Å². The van der Waals surface area contributed by atoms with E-state index in [9.17, 15) is 14.7 Å². The van der Waals surface area contributed by atoms with E-state index in [0.717, 1.165) is 25.7 Å². The van der Waals surface area contributed by atoms with E-state index in [1.165, 1.54) is 0 Å². The minimum Gasteiger partial charge on any atom is -0.481 e. The van der Waals surface area contributed by atoms with Gasteiger partial charge in [0.05, 0.1) is 5.41 Å². The fraction of sp³-hybridized carbons (Fsp3) is 0.867. The first kappa shape index (κ1) is 16.0. The largest absolute Gasteiger partial charge is 0.481 e. The third kappa shape index (κ3) is 3.95. The van der Waals surface area contributed by atoms with E-state index in [-0.39, 0.29) is 11.8 Å². The Morgan fingerprint density at radius 1 is 1.16 bits per heavy atom. The van der Waals surface area contributed by atoms with Gasteiger partial charge >= 0.3 is 5.97 Å². The second-order valence-electron chi connectivity index (χ2n) is 5.97. The molecular weight excluding hydrogens is 242 g/mol. The van der Waals surface area contributed by atoms with Crippen LogP contribution in [0.5, 0.6) is 0 Å². The van der Waals surface area contributed by atoms with Crippen LogP contribution in [-0.4, -0.2) is 35.0 Å². The molecule has 19 heavy (non-hydrogen) atoms. The van der Waals surface area contributed by atoms with Crippen molar-refractivity contribution in [2.45, 2.75) is 59.3 Å². The Labute approximate surface area is 116 Å².